The van der Waals surface area contributed by atoms with Crippen LogP contribution in [0.3, 0.4) is 0 Å². The zero-order chi connectivity index (χ0) is 14.0. The van der Waals surface area contributed by atoms with Crippen molar-refractivity contribution in [3.63, 3.8) is 0 Å². The van der Waals surface area contributed by atoms with E-state index in [-0.39, 0.29) is 17.8 Å². The van der Waals surface area contributed by atoms with Crippen LogP contribution < -0.4 is 0 Å². The number of rotatable bonds is 10. The molecular formula is C15H30O3. The van der Waals surface area contributed by atoms with Crippen LogP contribution in [0, 0.1) is 17.8 Å². The Balaban J connectivity index is 4.11. The summed E-state index contributed by atoms with van der Waals surface area (Å²) in [7, 11) is 1.62. The minimum absolute atomic E-state index is 0.109. The predicted molar refractivity (Wildman–Crippen MR) is 74.5 cm³/mol. The summed E-state index contributed by atoms with van der Waals surface area (Å²) in [6.45, 7) is 9.40. The average molecular weight is 258 g/mol. The molecule has 2 atom stereocenters. The Morgan fingerprint density at radius 1 is 1.17 bits per heavy atom. The van der Waals surface area contributed by atoms with E-state index in [2.05, 4.69) is 13.8 Å². The molecule has 0 N–H and O–H groups in total. The second-order valence-corrected chi connectivity index (χ2v) is 5.35. The van der Waals surface area contributed by atoms with Gasteiger partial charge in [-0.05, 0) is 18.3 Å². The van der Waals surface area contributed by atoms with Gasteiger partial charge in [-0.1, -0.05) is 47.0 Å². The molecule has 0 fully saturated rings. The van der Waals surface area contributed by atoms with E-state index in [1.807, 2.05) is 13.8 Å². The summed E-state index contributed by atoms with van der Waals surface area (Å²) in [5.74, 6) is 0.512. The van der Waals surface area contributed by atoms with E-state index in [1.54, 1.807) is 7.11 Å². The molecule has 3 nitrogen and oxygen atoms in total. The number of hydrogen-bond donors (Lipinski definition) is 0. The van der Waals surface area contributed by atoms with Gasteiger partial charge in [-0.2, -0.15) is 0 Å². The molecule has 0 aliphatic heterocycles. The van der Waals surface area contributed by atoms with Crippen molar-refractivity contribution in [1.29, 1.82) is 0 Å². The lowest BCUT2D eigenvalue weighted by Crippen LogP contribution is -2.28. The Kier molecular flexibility index (Phi) is 10.0. The van der Waals surface area contributed by atoms with Crippen LogP contribution in [-0.4, -0.2) is 26.3 Å². The van der Waals surface area contributed by atoms with Gasteiger partial charge >= 0.3 is 5.97 Å². The lowest BCUT2D eigenvalue weighted by atomic mass is 9.96. The van der Waals surface area contributed by atoms with Gasteiger partial charge in [0.25, 0.3) is 0 Å². The number of esters is 1. The lowest BCUT2D eigenvalue weighted by Gasteiger charge is -2.21. The van der Waals surface area contributed by atoms with Crippen molar-refractivity contribution in [2.75, 3.05) is 20.3 Å². The van der Waals surface area contributed by atoms with Crippen LogP contribution >= 0.6 is 0 Å². The first-order chi connectivity index (χ1) is 8.56. The van der Waals surface area contributed by atoms with Crippen LogP contribution in [0.15, 0.2) is 0 Å². The van der Waals surface area contributed by atoms with Crippen LogP contribution in [0.2, 0.25) is 0 Å². The molecule has 3 heteroatoms. The molecule has 0 aromatic heterocycles. The van der Waals surface area contributed by atoms with Crippen molar-refractivity contribution >= 4 is 5.97 Å². The average Bonchev–Trinajstić information content (AvgIpc) is 2.35. The third-order valence-electron chi connectivity index (χ3n) is 3.46. The second-order valence-electron chi connectivity index (χ2n) is 5.35. The maximum atomic E-state index is 12.0. The number of carbonyl (C=O) groups excluding carboxylic acids is 1. The van der Waals surface area contributed by atoms with Crippen LogP contribution in [-0.2, 0) is 14.3 Å². The maximum Gasteiger partial charge on any atom is 0.311 e. The van der Waals surface area contributed by atoms with Gasteiger partial charge in [-0.15, -0.1) is 0 Å². The Labute approximate surface area is 112 Å². The molecule has 0 aromatic rings. The summed E-state index contributed by atoms with van der Waals surface area (Å²) in [5, 5.41) is 0. The molecule has 0 aliphatic rings. The molecule has 0 rings (SSSR count). The Hall–Kier alpha value is -0.570. The van der Waals surface area contributed by atoms with Gasteiger partial charge in [-0.25, -0.2) is 0 Å². The smallest absolute Gasteiger partial charge is 0.311 e. The Morgan fingerprint density at radius 2 is 1.83 bits per heavy atom. The van der Waals surface area contributed by atoms with Gasteiger partial charge in [0.1, 0.15) is 0 Å². The van der Waals surface area contributed by atoms with Crippen molar-refractivity contribution in [2.24, 2.45) is 17.8 Å². The highest BCUT2D eigenvalue weighted by atomic mass is 16.5. The van der Waals surface area contributed by atoms with Crippen molar-refractivity contribution < 1.29 is 14.3 Å². The summed E-state index contributed by atoms with van der Waals surface area (Å²) in [5.41, 5.74) is 0. The van der Waals surface area contributed by atoms with Crippen molar-refractivity contribution in [3.8, 4) is 0 Å². The third-order valence-corrected chi connectivity index (χ3v) is 3.46. The topological polar surface area (TPSA) is 35.5 Å². The Bertz CT molecular complexity index is 214. The van der Waals surface area contributed by atoms with Crippen LogP contribution in [0.25, 0.3) is 0 Å². The molecule has 0 radical (unpaired) electrons. The fraction of sp³-hybridized carbons (Fsp3) is 0.933. The Morgan fingerprint density at radius 3 is 2.28 bits per heavy atom. The van der Waals surface area contributed by atoms with Crippen LogP contribution in [0.5, 0.6) is 0 Å². The monoisotopic (exact) mass is 258 g/mol. The fourth-order valence-electron chi connectivity index (χ4n) is 1.92. The van der Waals surface area contributed by atoms with E-state index < -0.39 is 0 Å². The molecule has 0 bridgehead atoms. The molecular weight excluding hydrogens is 228 g/mol. The zero-order valence-electron chi connectivity index (χ0n) is 12.7. The highest BCUT2D eigenvalue weighted by Crippen LogP contribution is 2.17. The third kappa shape index (κ3) is 7.00. The van der Waals surface area contributed by atoms with Crippen LogP contribution in [0.4, 0.5) is 0 Å². The largest absolute Gasteiger partial charge is 0.465 e. The van der Waals surface area contributed by atoms with E-state index in [0.717, 1.165) is 12.8 Å². The number of carbonyl (C=O) groups is 1. The molecule has 18 heavy (non-hydrogen) atoms. The van der Waals surface area contributed by atoms with E-state index in [4.69, 9.17) is 9.47 Å². The first-order valence-corrected chi connectivity index (χ1v) is 7.22. The van der Waals surface area contributed by atoms with Gasteiger partial charge in [0.2, 0.25) is 0 Å². The van der Waals surface area contributed by atoms with E-state index in [0.29, 0.717) is 19.1 Å². The van der Waals surface area contributed by atoms with E-state index in [1.165, 1.54) is 12.8 Å². The molecule has 0 aliphatic carbocycles. The summed E-state index contributed by atoms with van der Waals surface area (Å²) < 4.78 is 10.5. The number of unbranched alkanes of at least 4 members (excludes halogenated alkanes) is 1. The van der Waals surface area contributed by atoms with Crippen LogP contribution in [0.1, 0.15) is 53.4 Å². The van der Waals surface area contributed by atoms with Gasteiger partial charge in [-0.3, -0.25) is 4.79 Å². The molecule has 0 amide bonds. The summed E-state index contributed by atoms with van der Waals surface area (Å²) >= 11 is 0. The maximum absolute atomic E-state index is 12.0. The van der Waals surface area contributed by atoms with Crippen molar-refractivity contribution in [3.05, 3.63) is 0 Å². The highest BCUT2D eigenvalue weighted by Gasteiger charge is 2.24. The quantitative estimate of drug-likeness (QED) is 0.561. The normalized spacial score (nSPS) is 14.6. The molecule has 0 aromatic carbocycles. The van der Waals surface area contributed by atoms with Crippen molar-refractivity contribution in [1.82, 2.24) is 0 Å². The lowest BCUT2D eigenvalue weighted by molar-refractivity contribution is -0.153. The molecule has 108 valence electrons. The van der Waals surface area contributed by atoms with E-state index >= 15 is 0 Å². The first kappa shape index (κ1) is 17.4. The number of ether oxygens (including phenoxy) is 2. The van der Waals surface area contributed by atoms with Crippen molar-refractivity contribution in [2.45, 2.75) is 53.4 Å². The SMILES string of the molecule is CCCCC(CC)COC(=O)C(COC)C(C)C. The summed E-state index contributed by atoms with van der Waals surface area (Å²) in [4.78, 5) is 12.0. The molecule has 0 spiro atoms. The van der Waals surface area contributed by atoms with Gasteiger partial charge in [0.15, 0.2) is 0 Å². The molecule has 0 heterocycles. The second kappa shape index (κ2) is 10.4. The summed E-state index contributed by atoms with van der Waals surface area (Å²) in [6.07, 6.45) is 4.63. The fourth-order valence-corrected chi connectivity index (χ4v) is 1.92. The van der Waals surface area contributed by atoms with Gasteiger partial charge in [0, 0.05) is 7.11 Å². The molecule has 0 saturated heterocycles. The first-order valence-electron chi connectivity index (χ1n) is 7.22. The predicted octanol–water partition coefficient (Wildman–Crippen LogP) is 3.66. The zero-order valence-corrected chi connectivity index (χ0v) is 12.7. The molecule has 2 unspecified atom stereocenters. The highest BCUT2D eigenvalue weighted by molar-refractivity contribution is 5.72. The van der Waals surface area contributed by atoms with E-state index in [9.17, 15) is 4.79 Å². The van der Waals surface area contributed by atoms with Gasteiger partial charge < -0.3 is 9.47 Å². The minimum atomic E-state index is -0.140. The molecule has 0 saturated carbocycles. The number of methoxy groups -OCH3 is 1. The number of hydrogen-bond acceptors (Lipinski definition) is 3. The van der Waals surface area contributed by atoms with Gasteiger partial charge in [0.05, 0.1) is 19.1 Å². The summed E-state index contributed by atoms with van der Waals surface area (Å²) in [6, 6.07) is 0. The standard InChI is InChI=1S/C15H30O3/c1-6-8-9-13(7-2)10-18-15(16)14(11-17-5)12(3)4/h12-14H,6-11H2,1-5H3. The minimum Gasteiger partial charge on any atom is -0.465 e.